The zero-order valence-corrected chi connectivity index (χ0v) is 11.2. The van der Waals surface area contributed by atoms with Crippen LogP contribution in [-0.2, 0) is 0 Å². The molecule has 6 heteroatoms. The third-order valence-electron chi connectivity index (χ3n) is 3.16. The molecule has 0 amide bonds. The van der Waals surface area contributed by atoms with E-state index in [0.29, 0.717) is 24.5 Å². The molecule has 2 N–H and O–H groups in total. The number of halogens is 1. The molecule has 18 heavy (non-hydrogen) atoms. The molecule has 0 bridgehead atoms. The first-order chi connectivity index (χ1) is 8.63. The standard InChI is InChI=1S/C12H13ClN2O2S/c13-7-1-2-8-11(5-7)18-12(14-8)15-4-3-9(16)10(17)6-15/h1-2,5,9-10,16-17H,3-4,6H2/t9-,10-/m0/s1. The summed E-state index contributed by atoms with van der Waals surface area (Å²) >= 11 is 7.51. The predicted molar refractivity (Wildman–Crippen MR) is 73.5 cm³/mol. The second-order valence-electron chi connectivity index (χ2n) is 4.48. The number of hydrogen-bond donors (Lipinski definition) is 2. The van der Waals surface area contributed by atoms with E-state index in [4.69, 9.17) is 11.6 Å². The van der Waals surface area contributed by atoms with Gasteiger partial charge in [-0.15, -0.1) is 0 Å². The number of benzene rings is 1. The van der Waals surface area contributed by atoms with Gasteiger partial charge in [0.25, 0.3) is 0 Å². The topological polar surface area (TPSA) is 56.6 Å². The van der Waals surface area contributed by atoms with Crippen LogP contribution in [0.2, 0.25) is 5.02 Å². The molecule has 1 aliphatic rings. The van der Waals surface area contributed by atoms with E-state index >= 15 is 0 Å². The molecule has 1 aliphatic heterocycles. The van der Waals surface area contributed by atoms with E-state index in [1.54, 1.807) is 11.3 Å². The van der Waals surface area contributed by atoms with E-state index in [1.165, 1.54) is 0 Å². The van der Waals surface area contributed by atoms with Crippen molar-refractivity contribution in [3.8, 4) is 0 Å². The van der Waals surface area contributed by atoms with Crippen molar-refractivity contribution in [1.82, 2.24) is 4.98 Å². The number of hydrogen-bond acceptors (Lipinski definition) is 5. The van der Waals surface area contributed by atoms with E-state index in [0.717, 1.165) is 15.3 Å². The Labute approximate surface area is 113 Å². The molecule has 96 valence electrons. The second kappa shape index (κ2) is 4.66. The van der Waals surface area contributed by atoms with Gasteiger partial charge in [-0.2, -0.15) is 0 Å². The van der Waals surface area contributed by atoms with E-state index in [1.807, 2.05) is 23.1 Å². The number of aliphatic hydroxyl groups is 2. The monoisotopic (exact) mass is 284 g/mol. The van der Waals surface area contributed by atoms with Crippen molar-refractivity contribution >= 4 is 38.3 Å². The van der Waals surface area contributed by atoms with Gasteiger partial charge in [-0.3, -0.25) is 0 Å². The Kier molecular flexibility index (Phi) is 3.15. The van der Waals surface area contributed by atoms with E-state index < -0.39 is 12.2 Å². The van der Waals surface area contributed by atoms with Gasteiger partial charge in [0.1, 0.15) is 0 Å². The van der Waals surface area contributed by atoms with Crippen LogP contribution in [0.5, 0.6) is 0 Å². The minimum atomic E-state index is -0.700. The molecule has 0 unspecified atom stereocenters. The van der Waals surface area contributed by atoms with Crippen molar-refractivity contribution in [2.24, 2.45) is 0 Å². The number of nitrogens with zero attached hydrogens (tertiary/aromatic N) is 2. The van der Waals surface area contributed by atoms with Crippen LogP contribution in [0.15, 0.2) is 18.2 Å². The highest BCUT2D eigenvalue weighted by Crippen LogP contribution is 2.32. The first-order valence-corrected chi connectivity index (χ1v) is 7.00. The average Bonchev–Trinajstić information content (AvgIpc) is 2.75. The number of aromatic nitrogens is 1. The number of aliphatic hydroxyl groups excluding tert-OH is 2. The zero-order valence-electron chi connectivity index (χ0n) is 9.58. The van der Waals surface area contributed by atoms with Crippen LogP contribution in [0.4, 0.5) is 5.13 Å². The summed E-state index contributed by atoms with van der Waals surface area (Å²) in [5.41, 5.74) is 0.917. The molecule has 2 aromatic rings. The van der Waals surface area contributed by atoms with Crippen LogP contribution >= 0.6 is 22.9 Å². The molecule has 3 rings (SSSR count). The Morgan fingerprint density at radius 1 is 1.33 bits per heavy atom. The van der Waals surface area contributed by atoms with Crippen molar-refractivity contribution in [3.63, 3.8) is 0 Å². The normalized spacial score (nSPS) is 24.7. The highest BCUT2D eigenvalue weighted by Gasteiger charge is 2.27. The number of fused-ring (bicyclic) bond motifs is 1. The van der Waals surface area contributed by atoms with Gasteiger partial charge in [-0.1, -0.05) is 22.9 Å². The maximum absolute atomic E-state index is 9.69. The second-order valence-corrected chi connectivity index (χ2v) is 5.92. The lowest BCUT2D eigenvalue weighted by atomic mass is 10.1. The minimum absolute atomic E-state index is 0.425. The summed E-state index contributed by atoms with van der Waals surface area (Å²) in [6.45, 7) is 1.14. The first kappa shape index (κ1) is 12.2. The maximum Gasteiger partial charge on any atom is 0.186 e. The summed E-state index contributed by atoms with van der Waals surface area (Å²) < 4.78 is 1.04. The van der Waals surface area contributed by atoms with Crippen LogP contribution in [-0.4, -0.2) is 40.5 Å². The molecule has 0 saturated carbocycles. The third-order valence-corrected chi connectivity index (χ3v) is 4.47. The lowest BCUT2D eigenvalue weighted by Crippen LogP contribution is -2.46. The third kappa shape index (κ3) is 2.19. The van der Waals surface area contributed by atoms with Gasteiger partial charge in [0.15, 0.2) is 5.13 Å². The van der Waals surface area contributed by atoms with Crippen LogP contribution in [0.1, 0.15) is 6.42 Å². The summed E-state index contributed by atoms with van der Waals surface area (Å²) in [7, 11) is 0. The van der Waals surface area contributed by atoms with Crippen molar-refractivity contribution in [2.45, 2.75) is 18.6 Å². The van der Waals surface area contributed by atoms with Gasteiger partial charge in [-0.05, 0) is 24.6 Å². The quantitative estimate of drug-likeness (QED) is 0.840. The Hall–Kier alpha value is -0.880. The smallest absolute Gasteiger partial charge is 0.186 e. The predicted octanol–water partition coefficient (Wildman–Crippen LogP) is 1.88. The lowest BCUT2D eigenvalue weighted by Gasteiger charge is -2.33. The number of β-amino-alcohol motifs (C(OH)–C–C–N with tert-alkyl or cyclic N) is 1. The average molecular weight is 285 g/mol. The fourth-order valence-corrected chi connectivity index (χ4v) is 3.39. The molecule has 1 aromatic carbocycles. The van der Waals surface area contributed by atoms with Crippen LogP contribution in [0.25, 0.3) is 10.2 Å². The summed E-state index contributed by atoms with van der Waals surface area (Å²) in [4.78, 5) is 6.54. The fraction of sp³-hybridized carbons (Fsp3) is 0.417. The first-order valence-electron chi connectivity index (χ1n) is 5.80. The van der Waals surface area contributed by atoms with Crippen molar-refractivity contribution in [2.75, 3.05) is 18.0 Å². The summed E-state index contributed by atoms with van der Waals surface area (Å²) in [5.74, 6) is 0. The molecule has 2 atom stereocenters. The number of anilines is 1. The zero-order chi connectivity index (χ0) is 12.7. The van der Waals surface area contributed by atoms with E-state index in [9.17, 15) is 10.2 Å². The molecule has 1 saturated heterocycles. The SMILES string of the molecule is O[C@H]1CCN(c2nc3ccc(Cl)cc3s2)C[C@@H]1O. The highest BCUT2D eigenvalue weighted by molar-refractivity contribution is 7.22. The van der Waals surface area contributed by atoms with Crippen molar-refractivity contribution in [3.05, 3.63) is 23.2 Å². The Balaban J connectivity index is 1.90. The van der Waals surface area contributed by atoms with Gasteiger partial charge in [-0.25, -0.2) is 4.98 Å². The molecule has 1 aromatic heterocycles. The van der Waals surface area contributed by atoms with E-state index in [-0.39, 0.29) is 0 Å². The van der Waals surface area contributed by atoms with Gasteiger partial charge in [0, 0.05) is 18.1 Å². The molecular weight excluding hydrogens is 272 g/mol. The summed E-state index contributed by atoms with van der Waals surface area (Å²) in [6, 6.07) is 5.61. The lowest BCUT2D eigenvalue weighted by molar-refractivity contribution is 0.00802. The van der Waals surface area contributed by atoms with Gasteiger partial charge in [0.2, 0.25) is 0 Å². The fourth-order valence-electron chi connectivity index (χ4n) is 2.11. The Bertz CT molecular complexity index is 574. The molecular formula is C12H13ClN2O2S. The van der Waals surface area contributed by atoms with Gasteiger partial charge in [0.05, 0.1) is 22.4 Å². The molecule has 2 heterocycles. The minimum Gasteiger partial charge on any atom is -0.390 e. The van der Waals surface area contributed by atoms with Gasteiger partial charge >= 0.3 is 0 Å². The Morgan fingerprint density at radius 3 is 2.94 bits per heavy atom. The molecule has 0 aliphatic carbocycles. The van der Waals surface area contributed by atoms with E-state index in [2.05, 4.69) is 4.98 Å². The number of thiazole rings is 1. The number of rotatable bonds is 1. The molecule has 0 radical (unpaired) electrons. The summed E-state index contributed by atoms with van der Waals surface area (Å²) in [6.07, 6.45) is -0.753. The molecule has 1 fully saturated rings. The number of piperidine rings is 1. The maximum atomic E-state index is 9.69. The largest absolute Gasteiger partial charge is 0.390 e. The van der Waals surface area contributed by atoms with Crippen LogP contribution < -0.4 is 4.90 Å². The molecule has 4 nitrogen and oxygen atoms in total. The highest BCUT2D eigenvalue weighted by atomic mass is 35.5. The van der Waals surface area contributed by atoms with Crippen molar-refractivity contribution < 1.29 is 10.2 Å². The summed E-state index contributed by atoms with van der Waals surface area (Å²) in [5, 5.41) is 20.8. The van der Waals surface area contributed by atoms with Gasteiger partial charge < -0.3 is 15.1 Å². The van der Waals surface area contributed by atoms with Crippen LogP contribution in [0.3, 0.4) is 0 Å². The van der Waals surface area contributed by atoms with Crippen molar-refractivity contribution in [1.29, 1.82) is 0 Å². The molecule has 0 spiro atoms. The Morgan fingerprint density at radius 2 is 2.17 bits per heavy atom. The van der Waals surface area contributed by atoms with Crippen LogP contribution in [0, 0.1) is 0 Å².